The molecule has 0 aromatic heterocycles. The van der Waals surface area contributed by atoms with Crippen LogP contribution in [0.1, 0.15) is 106 Å². The molecule has 4 aliphatic carbocycles. The van der Waals surface area contributed by atoms with E-state index in [0.717, 1.165) is 45.1 Å². The first-order valence-corrected chi connectivity index (χ1v) is 23.6. The summed E-state index contributed by atoms with van der Waals surface area (Å²) in [6, 6.07) is 0. The second kappa shape index (κ2) is 16.9. The van der Waals surface area contributed by atoms with Gasteiger partial charge in [-0.1, -0.05) is 27.7 Å². The average Bonchev–Trinajstić information content (AvgIpc) is 3.69. The van der Waals surface area contributed by atoms with Crippen LogP contribution in [-0.2, 0) is 33.2 Å². The molecule has 4 saturated carbocycles. The highest BCUT2D eigenvalue weighted by atomic mass is 16.8. The lowest BCUT2D eigenvalue weighted by atomic mass is 9.44. The van der Waals surface area contributed by atoms with Crippen molar-refractivity contribution in [2.75, 3.05) is 13.2 Å². The van der Waals surface area contributed by atoms with Crippen LogP contribution < -0.4 is 5.32 Å². The van der Waals surface area contributed by atoms with Crippen LogP contribution in [-0.4, -0.2) is 164 Å². The molecular weight excluding hydrogens is 794 g/mol. The van der Waals surface area contributed by atoms with Crippen molar-refractivity contribution in [3.63, 3.8) is 0 Å². The number of fused-ring (bicyclic) bond motifs is 7. The zero-order chi connectivity index (χ0) is 43.5. The van der Waals surface area contributed by atoms with Crippen LogP contribution in [0.15, 0.2) is 0 Å². The third-order valence-corrected chi connectivity index (χ3v) is 18.4. The molecule has 9 aliphatic rings. The van der Waals surface area contributed by atoms with E-state index in [2.05, 4.69) is 33.0 Å². The molecule has 0 aromatic rings. The van der Waals surface area contributed by atoms with E-state index >= 15 is 0 Å². The number of rotatable bonds is 7. The van der Waals surface area contributed by atoms with E-state index in [9.17, 15) is 40.9 Å². The zero-order valence-electron chi connectivity index (χ0n) is 36.8. The molecule has 16 nitrogen and oxygen atoms in total. The van der Waals surface area contributed by atoms with E-state index < -0.39 is 98.7 Å². The number of ether oxygens (including phenoxy) is 7. The first-order chi connectivity index (χ1) is 28.9. The average molecular weight is 870 g/mol. The van der Waals surface area contributed by atoms with Crippen LogP contribution in [0.3, 0.4) is 0 Å². The monoisotopic (exact) mass is 870 g/mol. The number of aliphatic hydroxyl groups is 8. The Hall–Kier alpha value is -0.640. The molecule has 9 rings (SSSR count). The van der Waals surface area contributed by atoms with Crippen LogP contribution in [0, 0.1) is 52.3 Å². The molecule has 5 heterocycles. The predicted molar refractivity (Wildman–Crippen MR) is 215 cm³/mol. The Balaban J connectivity index is 0.897. The summed E-state index contributed by atoms with van der Waals surface area (Å²) < 4.78 is 43.9. The normalized spacial score (nSPS) is 59.7. The van der Waals surface area contributed by atoms with Gasteiger partial charge in [-0.15, -0.1) is 0 Å². The Morgan fingerprint density at radius 3 is 1.87 bits per heavy atom. The van der Waals surface area contributed by atoms with Gasteiger partial charge in [0.1, 0.15) is 66.8 Å². The van der Waals surface area contributed by atoms with Gasteiger partial charge in [-0.2, -0.15) is 0 Å². The topological polar surface area (TPSA) is 238 Å². The quantitative estimate of drug-likeness (QED) is 0.162. The fourth-order valence-electron chi connectivity index (χ4n) is 14.8. The molecule has 350 valence electrons. The molecule has 0 radical (unpaired) electrons. The minimum Gasteiger partial charge on any atom is -0.394 e. The second-order valence-corrected chi connectivity index (χ2v) is 21.6. The Morgan fingerprint density at radius 1 is 0.607 bits per heavy atom. The van der Waals surface area contributed by atoms with Gasteiger partial charge in [0.05, 0.1) is 31.0 Å². The number of piperidine rings is 1. The predicted octanol–water partition coefficient (Wildman–Crippen LogP) is 0.895. The summed E-state index contributed by atoms with van der Waals surface area (Å²) in [6.45, 7) is 13.3. The van der Waals surface area contributed by atoms with Crippen molar-refractivity contribution in [3.8, 4) is 0 Å². The van der Waals surface area contributed by atoms with Gasteiger partial charge in [-0.3, -0.25) is 5.32 Å². The maximum Gasteiger partial charge on any atom is 0.187 e. The molecule has 0 bridgehead atoms. The molecule has 27 atom stereocenters. The maximum absolute atomic E-state index is 12.0. The van der Waals surface area contributed by atoms with Gasteiger partial charge in [0.25, 0.3) is 0 Å². The lowest BCUT2D eigenvalue weighted by Gasteiger charge is -2.61. The Kier molecular flexibility index (Phi) is 12.6. The highest BCUT2D eigenvalue weighted by Gasteiger charge is 2.69. The fraction of sp³-hybridized carbons (Fsp3) is 1.00. The lowest BCUT2D eigenvalue weighted by molar-refractivity contribution is -0.389. The first kappa shape index (κ1) is 45.5. The third-order valence-electron chi connectivity index (χ3n) is 18.4. The molecule has 9 N–H and O–H groups in total. The highest BCUT2D eigenvalue weighted by molar-refractivity contribution is 5.16. The summed E-state index contributed by atoms with van der Waals surface area (Å²) in [5.41, 5.74) is 0.228. The van der Waals surface area contributed by atoms with Gasteiger partial charge in [0, 0.05) is 12.5 Å². The molecule has 1 spiro atoms. The van der Waals surface area contributed by atoms with Crippen LogP contribution >= 0.6 is 0 Å². The van der Waals surface area contributed by atoms with Gasteiger partial charge in [-0.05, 0) is 124 Å². The van der Waals surface area contributed by atoms with Crippen molar-refractivity contribution in [1.29, 1.82) is 0 Å². The first-order valence-electron chi connectivity index (χ1n) is 23.6. The molecule has 16 heteroatoms. The lowest BCUT2D eigenvalue weighted by Crippen LogP contribution is -2.66. The van der Waals surface area contributed by atoms with Crippen LogP contribution in [0.4, 0.5) is 0 Å². The summed E-state index contributed by atoms with van der Waals surface area (Å²) in [5.74, 6) is 4.06. The number of hydrogen-bond acceptors (Lipinski definition) is 16. The third kappa shape index (κ3) is 7.50. The summed E-state index contributed by atoms with van der Waals surface area (Å²) in [7, 11) is 0. The van der Waals surface area contributed by atoms with Gasteiger partial charge >= 0.3 is 0 Å². The summed E-state index contributed by atoms with van der Waals surface area (Å²) in [4.78, 5) is 0. The van der Waals surface area contributed by atoms with Gasteiger partial charge in [-0.25, -0.2) is 0 Å². The second-order valence-electron chi connectivity index (χ2n) is 21.6. The summed E-state index contributed by atoms with van der Waals surface area (Å²) in [5, 5.41) is 89.8. The molecular formula is C45H75NO15. The van der Waals surface area contributed by atoms with Gasteiger partial charge in [0.2, 0.25) is 0 Å². The SMILES string of the molecule is C[C@@H]1CC[C@@]2(NC1)O[C@H]1C[C@H]3[C@@H]4CC[C@H]5C[C@@H](O[C@@H]6O[C@H](CO)[C@H](O[C@@H]7O[C@H](C)[C@@H](O)[C@H](O)[C@@H]7O)[C@H](O)[C@H]6O[C@@H]6O[C@H](C)[C@@H](O)[C@H](O)[C@@H]6O)CC[C@]5(C)[C@H]4CC[C@]3(C)[C@H]1[C@@H]2C. The Morgan fingerprint density at radius 2 is 1.25 bits per heavy atom. The van der Waals surface area contributed by atoms with Crippen molar-refractivity contribution in [3.05, 3.63) is 0 Å². The van der Waals surface area contributed by atoms with Crippen molar-refractivity contribution in [1.82, 2.24) is 5.32 Å². The van der Waals surface area contributed by atoms with Gasteiger partial charge < -0.3 is 74.0 Å². The number of aliphatic hydroxyl groups excluding tert-OH is 8. The van der Waals surface area contributed by atoms with E-state index in [1.165, 1.54) is 39.5 Å². The van der Waals surface area contributed by atoms with Crippen molar-refractivity contribution in [2.24, 2.45) is 52.3 Å². The fourth-order valence-corrected chi connectivity index (χ4v) is 14.8. The van der Waals surface area contributed by atoms with E-state index in [1.807, 2.05) is 0 Å². The zero-order valence-corrected chi connectivity index (χ0v) is 36.8. The van der Waals surface area contributed by atoms with Crippen molar-refractivity contribution < 1.29 is 74.0 Å². The van der Waals surface area contributed by atoms with E-state index in [0.29, 0.717) is 47.5 Å². The Labute approximate surface area is 359 Å². The van der Waals surface area contributed by atoms with E-state index in [1.54, 1.807) is 0 Å². The van der Waals surface area contributed by atoms with E-state index in [-0.39, 0.29) is 22.7 Å². The smallest absolute Gasteiger partial charge is 0.187 e. The highest BCUT2D eigenvalue weighted by Crippen LogP contribution is 2.71. The Bertz CT molecular complexity index is 1540. The van der Waals surface area contributed by atoms with Gasteiger partial charge in [0.15, 0.2) is 18.9 Å². The summed E-state index contributed by atoms with van der Waals surface area (Å²) in [6.07, 6.45) is -10.5. The van der Waals surface area contributed by atoms with Crippen molar-refractivity contribution in [2.45, 2.75) is 216 Å². The maximum atomic E-state index is 12.0. The molecule has 0 amide bonds. The van der Waals surface area contributed by atoms with Crippen LogP contribution in [0.5, 0.6) is 0 Å². The number of nitrogens with one attached hydrogen (secondary N) is 1. The summed E-state index contributed by atoms with van der Waals surface area (Å²) >= 11 is 0. The molecule has 0 unspecified atom stereocenters. The van der Waals surface area contributed by atoms with E-state index in [4.69, 9.17) is 33.2 Å². The van der Waals surface area contributed by atoms with Crippen molar-refractivity contribution >= 4 is 0 Å². The molecule has 5 saturated heterocycles. The molecule has 9 fully saturated rings. The van der Waals surface area contributed by atoms with Crippen LogP contribution in [0.25, 0.3) is 0 Å². The van der Waals surface area contributed by atoms with Crippen LogP contribution in [0.2, 0.25) is 0 Å². The minimum absolute atomic E-state index is 0.134. The number of hydrogen-bond donors (Lipinski definition) is 9. The largest absolute Gasteiger partial charge is 0.394 e. The molecule has 61 heavy (non-hydrogen) atoms. The minimum atomic E-state index is -1.70. The molecule has 5 aliphatic heterocycles. The standard InChI is InChI=1S/C45H75NO15/c1-19-9-14-45(46-17-19)20(2)30-28(61-45)16-27-25-8-7-23-15-24(10-12-43(23,5)26(25)11-13-44(27,30)6)57-42-39(60-41-36(53)34(51)32(49)22(4)56-41)37(54)38(29(18-47)58-42)59-40-35(52)33(50)31(48)21(3)55-40/h19-42,46-54H,7-18H2,1-6H3/t19-,20+,21-,22-,23+,24+,25-,26+,27+,28+,29-,30+,31-,32-,33+,34+,35+,36+,37+,38+,39-,40+,41+,42-,43+,44+,45-/m1/s1. The molecule has 0 aromatic carbocycles.